The standard InChI is InChI=1S/C25H33N5O7/c1-23(2,3)11-19(31)29-20-17-7-8-18(30(17)28-14-27-20)25(13-26)10-9-16(37-25)12-34-22(33)36-15-35-21(32)24(4,5)6/h7-8,14,16H,9-12,15H2,1-6H3,(H,27,28,29,31)/t16-,25-/m0/s1. The number of nitrogens with one attached hydrogen (secondary N) is 1. The molecule has 1 fully saturated rings. The molecule has 3 heterocycles. The van der Waals surface area contributed by atoms with Crippen molar-refractivity contribution >= 4 is 29.4 Å². The SMILES string of the molecule is CC(C)(C)CC(=O)Nc1ncnn2c([C@@]3(C#N)CC[C@@H](COC(=O)OCOC(=O)C(C)(C)C)O3)ccc12. The van der Waals surface area contributed by atoms with Gasteiger partial charge in [0.1, 0.15) is 24.5 Å². The fraction of sp³-hybridized carbons (Fsp3) is 0.600. The Morgan fingerprint density at radius 1 is 1.19 bits per heavy atom. The summed E-state index contributed by atoms with van der Waals surface area (Å²) in [5.41, 5.74) is -1.26. The maximum atomic E-state index is 12.4. The van der Waals surface area contributed by atoms with Crippen LogP contribution in [0.5, 0.6) is 0 Å². The summed E-state index contributed by atoms with van der Waals surface area (Å²) in [4.78, 5) is 40.2. The summed E-state index contributed by atoms with van der Waals surface area (Å²) < 4.78 is 22.3. The number of carbonyl (C=O) groups is 3. The van der Waals surface area contributed by atoms with E-state index in [9.17, 15) is 19.6 Å². The first-order valence-corrected chi connectivity index (χ1v) is 11.9. The van der Waals surface area contributed by atoms with E-state index < -0.39 is 36.0 Å². The van der Waals surface area contributed by atoms with Crippen LogP contribution in [-0.2, 0) is 34.1 Å². The summed E-state index contributed by atoms with van der Waals surface area (Å²) in [6, 6.07) is 5.64. The van der Waals surface area contributed by atoms with Crippen molar-refractivity contribution in [2.24, 2.45) is 10.8 Å². The molecule has 2 aromatic heterocycles. The van der Waals surface area contributed by atoms with Crippen molar-refractivity contribution in [1.29, 1.82) is 5.26 Å². The zero-order valence-corrected chi connectivity index (χ0v) is 22.0. The van der Waals surface area contributed by atoms with E-state index in [1.54, 1.807) is 32.9 Å². The lowest BCUT2D eigenvalue weighted by atomic mass is 9.92. The summed E-state index contributed by atoms with van der Waals surface area (Å²) >= 11 is 0. The highest BCUT2D eigenvalue weighted by molar-refractivity contribution is 5.93. The highest BCUT2D eigenvalue weighted by Crippen LogP contribution is 2.40. The van der Waals surface area contributed by atoms with E-state index in [0.29, 0.717) is 36.3 Å². The van der Waals surface area contributed by atoms with E-state index in [4.69, 9.17) is 18.9 Å². The Bertz CT molecular complexity index is 1200. The molecule has 0 saturated carbocycles. The van der Waals surface area contributed by atoms with E-state index in [2.05, 4.69) is 21.5 Å². The van der Waals surface area contributed by atoms with Gasteiger partial charge in [-0.3, -0.25) is 9.59 Å². The van der Waals surface area contributed by atoms with Crippen LogP contribution >= 0.6 is 0 Å². The van der Waals surface area contributed by atoms with Crippen LogP contribution in [0.25, 0.3) is 5.52 Å². The van der Waals surface area contributed by atoms with Crippen molar-refractivity contribution in [3.63, 3.8) is 0 Å². The van der Waals surface area contributed by atoms with Gasteiger partial charge in [0.15, 0.2) is 11.4 Å². The van der Waals surface area contributed by atoms with Crippen molar-refractivity contribution in [3.8, 4) is 6.07 Å². The molecule has 200 valence electrons. The zero-order chi connectivity index (χ0) is 27.4. The number of rotatable bonds is 7. The number of ether oxygens (including phenoxy) is 4. The predicted molar refractivity (Wildman–Crippen MR) is 130 cm³/mol. The van der Waals surface area contributed by atoms with Crippen LogP contribution in [0.15, 0.2) is 18.5 Å². The minimum Gasteiger partial charge on any atom is -0.431 e. The highest BCUT2D eigenvalue weighted by atomic mass is 16.8. The number of hydrogen-bond acceptors (Lipinski definition) is 10. The molecule has 37 heavy (non-hydrogen) atoms. The molecule has 2 atom stereocenters. The molecular formula is C25H33N5O7. The van der Waals surface area contributed by atoms with Gasteiger partial charge in [0.2, 0.25) is 12.7 Å². The summed E-state index contributed by atoms with van der Waals surface area (Å²) in [6.07, 6.45) is 0.793. The summed E-state index contributed by atoms with van der Waals surface area (Å²) in [5.74, 6) is -0.366. The van der Waals surface area contributed by atoms with E-state index in [1.807, 2.05) is 20.8 Å². The molecule has 1 aliphatic heterocycles. The smallest absolute Gasteiger partial charge is 0.431 e. The number of anilines is 1. The van der Waals surface area contributed by atoms with E-state index in [-0.39, 0.29) is 17.9 Å². The van der Waals surface area contributed by atoms with Crippen molar-refractivity contribution in [2.75, 3.05) is 18.7 Å². The fourth-order valence-electron chi connectivity index (χ4n) is 3.76. The molecule has 1 aliphatic rings. The third-order valence-electron chi connectivity index (χ3n) is 5.55. The lowest BCUT2D eigenvalue weighted by Gasteiger charge is -2.22. The highest BCUT2D eigenvalue weighted by Gasteiger charge is 2.45. The van der Waals surface area contributed by atoms with Crippen molar-refractivity contribution in [1.82, 2.24) is 14.6 Å². The summed E-state index contributed by atoms with van der Waals surface area (Å²) in [7, 11) is 0. The third kappa shape index (κ3) is 6.95. The Balaban J connectivity index is 1.63. The molecule has 3 rings (SSSR count). The van der Waals surface area contributed by atoms with Gasteiger partial charge in [-0.05, 0) is 51.2 Å². The van der Waals surface area contributed by atoms with Crippen LogP contribution < -0.4 is 5.32 Å². The molecule has 0 bridgehead atoms. The second-order valence-corrected chi connectivity index (χ2v) is 11.1. The topological polar surface area (TPSA) is 154 Å². The molecule has 0 aromatic carbocycles. The third-order valence-corrected chi connectivity index (χ3v) is 5.55. The average Bonchev–Trinajstić information content (AvgIpc) is 3.41. The normalized spacial score (nSPS) is 19.8. The summed E-state index contributed by atoms with van der Waals surface area (Å²) in [5, 5.41) is 17.1. The number of nitriles is 1. The number of aromatic nitrogens is 3. The second kappa shape index (κ2) is 10.7. The number of esters is 1. The molecule has 12 heteroatoms. The first-order valence-electron chi connectivity index (χ1n) is 11.9. The molecule has 1 saturated heterocycles. The number of amides is 1. The Morgan fingerprint density at radius 3 is 2.57 bits per heavy atom. The van der Waals surface area contributed by atoms with Gasteiger partial charge in [0.25, 0.3) is 0 Å². The number of fused-ring (bicyclic) bond motifs is 1. The Morgan fingerprint density at radius 2 is 1.92 bits per heavy atom. The molecule has 2 aromatic rings. The Kier molecular flexibility index (Phi) is 8.07. The first kappa shape index (κ1) is 27.9. The van der Waals surface area contributed by atoms with Gasteiger partial charge in [-0.25, -0.2) is 14.3 Å². The molecule has 0 radical (unpaired) electrons. The van der Waals surface area contributed by atoms with Crippen LogP contribution in [0.2, 0.25) is 0 Å². The van der Waals surface area contributed by atoms with E-state index >= 15 is 0 Å². The first-order chi connectivity index (χ1) is 17.2. The second-order valence-electron chi connectivity index (χ2n) is 11.1. The molecule has 0 unspecified atom stereocenters. The number of hydrogen-bond donors (Lipinski definition) is 1. The molecular weight excluding hydrogens is 482 g/mol. The van der Waals surface area contributed by atoms with E-state index in [0.717, 1.165) is 0 Å². The molecule has 0 spiro atoms. The van der Waals surface area contributed by atoms with Gasteiger partial charge in [0.05, 0.1) is 17.2 Å². The van der Waals surface area contributed by atoms with Crippen molar-refractivity contribution in [3.05, 3.63) is 24.2 Å². The van der Waals surface area contributed by atoms with Crippen molar-refractivity contribution in [2.45, 2.75) is 72.5 Å². The van der Waals surface area contributed by atoms with Crippen LogP contribution in [-0.4, -0.2) is 52.1 Å². The van der Waals surface area contributed by atoms with Gasteiger partial charge in [0, 0.05) is 6.42 Å². The largest absolute Gasteiger partial charge is 0.511 e. The van der Waals surface area contributed by atoms with Gasteiger partial charge >= 0.3 is 12.1 Å². The number of carbonyl (C=O) groups excluding carboxylic acids is 3. The molecule has 0 aliphatic carbocycles. The van der Waals surface area contributed by atoms with Crippen molar-refractivity contribution < 1.29 is 33.3 Å². The lowest BCUT2D eigenvalue weighted by molar-refractivity contribution is -0.163. The maximum absolute atomic E-state index is 12.4. The average molecular weight is 516 g/mol. The minimum atomic E-state index is -1.34. The molecule has 1 amide bonds. The quantitative estimate of drug-likeness (QED) is 0.426. The fourth-order valence-corrected chi connectivity index (χ4v) is 3.76. The minimum absolute atomic E-state index is 0.151. The van der Waals surface area contributed by atoms with Gasteiger partial charge < -0.3 is 24.3 Å². The summed E-state index contributed by atoms with van der Waals surface area (Å²) in [6.45, 7) is 10.2. The Hall–Kier alpha value is -3.72. The lowest BCUT2D eigenvalue weighted by Crippen LogP contribution is -2.29. The van der Waals surface area contributed by atoms with Crippen LogP contribution in [0.3, 0.4) is 0 Å². The van der Waals surface area contributed by atoms with Gasteiger partial charge in [-0.15, -0.1) is 0 Å². The van der Waals surface area contributed by atoms with Gasteiger partial charge in [-0.2, -0.15) is 10.4 Å². The van der Waals surface area contributed by atoms with Crippen LogP contribution in [0, 0.1) is 22.2 Å². The number of nitrogens with zero attached hydrogens (tertiary/aromatic N) is 4. The molecule has 12 nitrogen and oxygen atoms in total. The van der Waals surface area contributed by atoms with Gasteiger partial charge in [-0.1, -0.05) is 20.8 Å². The Labute approximate surface area is 215 Å². The predicted octanol–water partition coefficient (Wildman–Crippen LogP) is 3.70. The molecule has 1 N–H and O–H groups in total. The van der Waals surface area contributed by atoms with Crippen LogP contribution in [0.1, 0.15) is 66.5 Å². The monoisotopic (exact) mass is 515 g/mol. The van der Waals surface area contributed by atoms with Crippen LogP contribution in [0.4, 0.5) is 10.6 Å². The van der Waals surface area contributed by atoms with E-state index in [1.165, 1.54) is 10.8 Å². The maximum Gasteiger partial charge on any atom is 0.511 e. The zero-order valence-electron chi connectivity index (χ0n) is 22.0.